The molecule has 0 saturated heterocycles. The van der Waals surface area contributed by atoms with Crippen molar-refractivity contribution in [2.45, 2.75) is 6.42 Å². The van der Waals surface area contributed by atoms with Crippen molar-refractivity contribution in [2.24, 2.45) is 5.73 Å². The molecule has 0 aliphatic heterocycles. The molecular formula is C15H16N6O4S. The van der Waals surface area contributed by atoms with E-state index in [9.17, 15) is 14.4 Å². The van der Waals surface area contributed by atoms with Crippen LogP contribution in [-0.4, -0.2) is 40.4 Å². The van der Waals surface area contributed by atoms with Gasteiger partial charge in [-0.3, -0.25) is 19.8 Å². The molecule has 11 heteroatoms. The monoisotopic (exact) mass is 376 g/mol. The number of rotatable bonds is 7. The average Bonchev–Trinajstić information content (AvgIpc) is 3.02. The summed E-state index contributed by atoms with van der Waals surface area (Å²) in [5.74, 6) is -2.22. The number of hydrogen-bond acceptors (Lipinski definition) is 6. The van der Waals surface area contributed by atoms with Gasteiger partial charge in [-0.05, 0) is 18.2 Å². The van der Waals surface area contributed by atoms with Gasteiger partial charge in [-0.15, -0.1) is 11.3 Å². The molecule has 0 fully saturated rings. The maximum atomic E-state index is 12.2. The molecule has 0 radical (unpaired) electrons. The molecule has 1 aromatic carbocycles. The molecule has 26 heavy (non-hydrogen) atoms. The molecule has 2 amide bonds. The SMILES string of the molecule is N=C(N)Nc1nc(C(=O)Nc2cccc(C(=O)NCCC(=O)O)c2)cs1. The Morgan fingerprint density at radius 3 is 2.69 bits per heavy atom. The molecule has 7 N–H and O–H groups in total. The van der Waals surface area contributed by atoms with E-state index in [1.54, 1.807) is 18.2 Å². The first-order valence-electron chi connectivity index (χ1n) is 7.33. The van der Waals surface area contributed by atoms with Gasteiger partial charge in [-0.2, -0.15) is 0 Å². The Hall–Kier alpha value is -3.47. The molecule has 0 unspecified atom stereocenters. The third-order valence-electron chi connectivity index (χ3n) is 2.99. The summed E-state index contributed by atoms with van der Waals surface area (Å²) >= 11 is 1.12. The number of nitrogens with two attached hydrogens (primary N) is 1. The molecule has 0 bridgehead atoms. The highest BCUT2D eigenvalue weighted by Gasteiger charge is 2.13. The largest absolute Gasteiger partial charge is 0.481 e. The smallest absolute Gasteiger partial charge is 0.305 e. The van der Waals surface area contributed by atoms with Gasteiger partial charge in [-0.25, -0.2) is 4.98 Å². The lowest BCUT2D eigenvalue weighted by molar-refractivity contribution is -0.136. The van der Waals surface area contributed by atoms with Crippen molar-refractivity contribution in [3.63, 3.8) is 0 Å². The van der Waals surface area contributed by atoms with Crippen molar-refractivity contribution in [2.75, 3.05) is 17.2 Å². The summed E-state index contributed by atoms with van der Waals surface area (Å²) in [4.78, 5) is 38.6. The van der Waals surface area contributed by atoms with Gasteiger partial charge < -0.3 is 26.8 Å². The number of carboxylic acid groups (broad SMARTS) is 1. The third kappa shape index (κ3) is 5.56. The first-order chi connectivity index (χ1) is 12.3. The normalized spacial score (nSPS) is 10.0. The fourth-order valence-corrected chi connectivity index (χ4v) is 2.57. The van der Waals surface area contributed by atoms with Gasteiger partial charge in [0.1, 0.15) is 5.69 Å². The van der Waals surface area contributed by atoms with Crippen molar-refractivity contribution in [1.29, 1.82) is 5.41 Å². The lowest BCUT2D eigenvalue weighted by Crippen LogP contribution is -2.26. The first-order valence-corrected chi connectivity index (χ1v) is 8.21. The molecule has 1 aromatic heterocycles. The fraction of sp³-hybridized carbons (Fsp3) is 0.133. The standard InChI is InChI=1S/C15H16N6O4S/c16-14(17)21-15-20-10(7-26-15)13(25)19-9-3-1-2-8(6-9)12(24)18-5-4-11(22)23/h1-3,6-7H,4-5H2,(H,18,24)(H,19,25)(H,22,23)(H4,16,17,20,21). The second-order valence-electron chi connectivity index (χ2n) is 5.01. The molecule has 0 aliphatic carbocycles. The number of thiazole rings is 1. The van der Waals surface area contributed by atoms with Crippen LogP contribution in [0.25, 0.3) is 0 Å². The topological polar surface area (TPSA) is 170 Å². The van der Waals surface area contributed by atoms with Crippen LogP contribution in [0.1, 0.15) is 27.3 Å². The van der Waals surface area contributed by atoms with Crippen LogP contribution >= 0.6 is 11.3 Å². The summed E-state index contributed by atoms with van der Waals surface area (Å²) < 4.78 is 0. The van der Waals surface area contributed by atoms with Crippen LogP contribution in [0.4, 0.5) is 10.8 Å². The summed E-state index contributed by atoms with van der Waals surface area (Å²) in [6.07, 6.45) is -0.178. The molecule has 0 atom stereocenters. The number of carboxylic acids is 1. The number of carbonyl (C=O) groups is 3. The quantitative estimate of drug-likeness (QED) is 0.308. The third-order valence-corrected chi connectivity index (χ3v) is 3.74. The van der Waals surface area contributed by atoms with Crippen molar-refractivity contribution in [3.8, 4) is 0 Å². The summed E-state index contributed by atoms with van der Waals surface area (Å²) in [6, 6.07) is 6.21. The van der Waals surface area contributed by atoms with E-state index in [4.69, 9.17) is 16.2 Å². The fourth-order valence-electron chi connectivity index (χ4n) is 1.87. The summed E-state index contributed by atoms with van der Waals surface area (Å²) in [6.45, 7) is 0.00943. The molecule has 2 rings (SSSR count). The van der Waals surface area contributed by atoms with Crippen LogP contribution < -0.4 is 21.7 Å². The molecule has 136 valence electrons. The van der Waals surface area contributed by atoms with Gasteiger partial charge in [0.2, 0.25) is 0 Å². The minimum atomic E-state index is -1.01. The van der Waals surface area contributed by atoms with E-state index in [2.05, 4.69) is 20.9 Å². The van der Waals surface area contributed by atoms with E-state index in [0.29, 0.717) is 10.8 Å². The molecule has 2 aromatic rings. The van der Waals surface area contributed by atoms with E-state index in [1.165, 1.54) is 11.4 Å². The van der Waals surface area contributed by atoms with Crippen LogP contribution in [0.2, 0.25) is 0 Å². The molecular weight excluding hydrogens is 360 g/mol. The van der Waals surface area contributed by atoms with Crippen molar-refractivity contribution >= 4 is 45.9 Å². The highest BCUT2D eigenvalue weighted by molar-refractivity contribution is 7.14. The molecule has 0 spiro atoms. The van der Waals surface area contributed by atoms with Crippen LogP contribution in [0.5, 0.6) is 0 Å². The maximum Gasteiger partial charge on any atom is 0.305 e. The molecule has 10 nitrogen and oxygen atoms in total. The van der Waals surface area contributed by atoms with Gasteiger partial charge in [-0.1, -0.05) is 6.07 Å². The van der Waals surface area contributed by atoms with E-state index in [-0.39, 0.29) is 30.2 Å². The maximum absolute atomic E-state index is 12.2. The molecule has 0 saturated carbocycles. The van der Waals surface area contributed by atoms with Crippen molar-refractivity contribution in [1.82, 2.24) is 10.3 Å². The second kappa shape index (κ2) is 8.58. The van der Waals surface area contributed by atoms with Gasteiger partial charge in [0.25, 0.3) is 11.8 Å². The van der Waals surface area contributed by atoms with E-state index < -0.39 is 17.8 Å². The van der Waals surface area contributed by atoms with Gasteiger partial charge in [0.05, 0.1) is 6.42 Å². The lowest BCUT2D eigenvalue weighted by Gasteiger charge is -2.07. The number of benzene rings is 1. The highest BCUT2D eigenvalue weighted by Crippen LogP contribution is 2.17. The van der Waals surface area contributed by atoms with Crippen molar-refractivity contribution in [3.05, 3.63) is 40.9 Å². The summed E-state index contributed by atoms with van der Waals surface area (Å²) in [7, 11) is 0. The Morgan fingerprint density at radius 1 is 1.23 bits per heavy atom. The average molecular weight is 376 g/mol. The lowest BCUT2D eigenvalue weighted by atomic mass is 10.2. The zero-order valence-corrected chi connectivity index (χ0v) is 14.2. The Kier molecular flexibility index (Phi) is 6.22. The summed E-state index contributed by atoms with van der Waals surface area (Å²) in [5, 5.41) is 25.1. The summed E-state index contributed by atoms with van der Waals surface area (Å²) in [5.41, 5.74) is 6.00. The Balaban J connectivity index is 2.00. The number of guanidine groups is 1. The predicted octanol–water partition coefficient (Wildman–Crippen LogP) is 0.905. The zero-order valence-electron chi connectivity index (χ0n) is 13.4. The van der Waals surface area contributed by atoms with Crippen LogP contribution in [0.3, 0.4) is 0 Å². The van der Waals surface area contributed by atoms with E-state index in [0.717, 1.165) is 11.3 Å². The number of amides is 2. The zero-order chi connectivity index (χ0) is 19.1. The van der Waals surface area contributed by atoms with Crippen LogP contribution in [0.15, 0.2) is 29.6 Å². The second-order valence-corrected chi connectivity index (χ2v) is 5.87. The van der Waals surface area contributed by atoms with Gasteiger partial charge >= 0.3 is 5.97 Å². The van der Waals surface area contributed by atoms with E-state index in [1.807, 2.05) is 0 Å². The number of hydrogen-bond donors (Lipinski definition) is 6. The Morgan fingerprint density at radius 2 is 2.00 bits per heavy atom. The Labute approximate surface area is 151 Å². The minimum Gasteiger partial charge on any atom is -0.481 e. The predicted molar refractivity (Wildman–Crippen MR) is 96.6 cm³/mol. The van der Waals surface area contributed by atoms with Crippen LogP contribution in [-0.2, 0) is 4.79 Å². The number of aliphatic carboxylic acids is 1. The van der Waals surface area contributed by atoms with E-state index >= 15 is 0 Å². The number of aromatic nitrogens is 1. The highest BCUT2D eigenvalue weighted by atomic mass is 32.1. The van der Waals surface area contributed by atoms with Gasteiger partial charge in [0.15, 0.2) is 11.1 Å². The molecule has 1 heterocycles. The first kappa shape index (κ1) is 18.9. The number of nitrogens with one attached hydrogen (secondary N) is 4. The number of nitrogens with zero attached hydrogens (tertiary/aromatic N) is 1. The minimum absolute atomic E-state index is 0.00943. The number of carbonyl (C=O) groups excluding carboxylic acids is 2. The Bertz CT molecular complexity index is 850. The van der Waals surface area contributed by atoms with Crippen molar-refractivity contribution < 1.29 is 19.5 Å². The molecule has 0 aliphatic rings. The van der Waals surface area contributed by atoms with Crippen LogP contribution in [0, 0.1) is 5.41 Å². The number of anilines is 2. The van der Waals surface area contributed by atoms with Gasteiger partial charge in [0, 0.05) is 23.2 Å².